The maximum atomic E-state index is 12.6. The normalized spacial score (nSPS) is 11.2. The second kappa shape index (κ2) is 7.51. The molecule has 0 aliphatic carbocycles. The van der Waals surface area contributed by atoms with Gasteiger partial charge in [0.25, 0.3) is 11.3 Å². The summed E-state index contributed by atoms with van der Waals surface area (Å²) in [6.07, 6.45) is 3.82. The van der Waals surface area contributed by atoms with Gasteiger partial charge in [-0.3, -0.25) is 9.89 Å². The van der Waals surface area contributed by atoms with Crippen LogP contribution in [0.3, 0.4) is 0 Å². The Balaban J connectivity index is 1.80. The van der Waals surface area contributed by atoms with E-state index in [2.05, 4.69) is 58.5 Å². The fraction of sp³-hybridized carbons (Fsp3) is 0.421. The predicted molar refractivity (Wildman–Crippen MR) is 100 cm³/mol. The molecule has 3 aromatic rings. The standard InChI is InChI=1S/C19H25N5O/c1-4-6-7-16-13(3)21-19-22-18(23-24(19)17(16)25)20-12-15-10-8-14(5-2)9-11-15/h8-11H,4-7,12H2,1-3H3,(H2,20,21,22,23). The first-order valence-electron chi connectivity index (χ1n) is 8.92. The minimum atomic E-state index is -0.0520. The van der Waals surface area contributed by atoms with Gasteiger partial charge in [-0.25, -0.2) is 4.98 Å². The molecule has 0 unspecified atom stereocenters. The van der Waals surface area contributed by atoms with Crippen molar-refractivity contribution in [3.05, 3.63) is 57.0 Å². The van der Waals surface area contributed by atoms with Gasteiger partial charge in [-0.05, 0) is 37.3 Å². The molecule has 2 heterocycles. The van der Waals surface area contributed by atoms with E-state index in [4.69, 9.17) is 0 Å². The third-order valence-electron chi connectivity index (χ3n) is 4.47. The predicted octanol–water partition coefficient (Wildman–Crippen LogP) is 3.24. The van der Waals surface area contributed by atoms with Gasteiger partial charge in [0.1, 0.15) is 0 Å². The van der Waals surface area contributed by atoms with Crippen LogP contribution in [0.4, 0.5) is 5.95 Å². The third kappa shape index (κ3) is 3.73. The van der Waals surface area contributed by atoms with Crippen molar-refractivity contribution in [2.45, 2.75) is 53.0 Å². The van der Waals surface area contributed by atoms with Crippen LogP contribution < -0.4 is 10.9 Å². The summed E-state index contributed by atoms with van der Waals surface area (Å²) >= 11 is 0. The Kier molecular flexibility index (Phi) is 5.16. The second-order valence-corrected chi connectivity index (χ2v) is 6.32. The summed E-state index contributed by atoms with van der Waals surface area (Å²) in [6.45, 7) is 6.77. The molecule has 132 valence electrons. The number of benzene rings is 1. The number of anilines is 1. The monoisotopic (exact) mass is 339 g/mol. The van der Waals surface area contributed by atoms with Gasteiger partial charge >= 0.3 is 0 Å². The number of H-pyrrole nitrogens is 1. The lowest BCUT2D eigenvalue weighted by atomic mass is 10.1. The molecular weight excluding hydrogens is 314 g/mol. The van der Waals surface area contributed by atoms with Crippen molar-refractivity contribution in [1.29, 1.82) is 0 Å². The SMILES string of the molecule is CCCCc1c(C)nc2nc(NCc3ccc(CC)cc3)[nH]n2c1=O. The summed E-state index contributed by atoms with van der Waals surface area (Å²) in [7, 11) is 0. The zero-order valence-electron chi connectivity index (χ0n) is 15.1. The van der Waals surface area contributed by atoms with Gasteiger partial charge in [0.2, 0.25) is 5.95 Å². The first-order valence-corrected chi connectivity index (χ1v) is 8.92. The Bertz CT molecular complexity index is 908. The van der Waals surface area contributed by atoms with Crippen molar-refractivity contribution in [1.82, 2.24) is 19.6 Å². The van der Waals surface area contributed by atoms with Crippen LogP contribution in [0.2, 0.25) is 0 Å². The zero-order chi connectivity index (χ0) is 17.8. The van der Waals surface area contributed by atoms with Gasteiger partial charge in [-0.2, -0.15) is 9.50 Å². The number of fused-ring (bicyclic) bond motifs is 1. The van der Waals surface area contributed by atoms with E-state index in [1.54, 1.807) is 0 Å². The van der Waals surface area contributed by atoms with E-state index < -0.39 is 0 Å². The van der Waals surface area contributed by atoms with Crippen LogP contribution in [0, 0.1) is 6.92 Å². The van der Waals surface area contributed by atoms with E-state index in [9.17, 15) is 4.79 Å². The molecule has 0 bridgehead atoms. The van der Waals surface area contributed by atoms with Gasteiger partial charge < -0.3 is 5.32 Å². The van der Waals surface area contributed by atoms with Crippen molar-refractivity contribution in [3.8, 4) is 0 Å². The Morgan fingerprint density at radius 3 is 2.52 bits per heavy atom. The number of nitrogens with zero attached hydrogens (tertiary/aromatic N) is 3. The van der Waals surface area contributed by atoms with Gasteiger partial charge in [0.15, 0.2) is 0 Å². The molecule has 0 aliphatic rings. The number of unbranched alkanes of at least 4 members (excludes halogenated alkanes) is 1. The zero-order valence-corrected chi connectivity index (χ0v) is 15.1. The van der Waals surface area contributed by atoms with E-state index >= 15 is 0 Å². The van der Waals surface area contributed by atoms with Crippen LogP contribution in [-0.2, 0) is 19.4 Å². The molecule has 0 saturated heterocycles. The number of nitrogens with one attached hydrogen (secondary N) is 2. The molecule has 0 spiro atoms. The molecule has 0 radical (unpaired) electrons. The van der Waals surface area contributed by atoms with Crippen molar-refractivity contribution >= 4 is 11.7 Å². The minimum Gasteiger partial charge on any atom is -0.351 e. The molecule has 1 aromatic carbocycles. The van der Waals surface area contributed by atoms with Crippen molar-refractivity contribution in [2.75, 3.05) is 5.32 Å². The highest BCUT2D eigenvalue weighted by Gasteiger charge is 2.12. The molecule has 0 aliphatic heterocycles. The van der Waals surface area contributed by atoms with Crippen LogP contribution in [0.1, 0.15) is 49.1 Å². The summed E-state index contributed by atoms with van der Waals surface area (Å²) in [4.78, 5) is 21.5. The van der Waals surface area contributed by atoms with E-state index in [0.29, 0.717) is 18.3 Å². The number of aromatic amines is 1. The van der Waals surface area contributed by atoms with Crippen LogP contribution in [0.15, 0.2) is 29.1 Å². The number of hydrogen-bond donors (Lipinski definition) is 2. The van der Waals surface area contributed by atoms with Crippen LogP contribution >= 0.6 is 0 Å². The fourth-order valence-electron chi connectivity index (χ4n) is 2.85. The van der Waals surface area contributed by atoms with E-state index in [1.165, 1.54) is 10.1 Å². The lowest BCUT2D eigenvalue weighted by molar-refractivity contribution is 0.759. The first-order chi connectivity index (χ1) is 12.1. The molecule has 3 rings (SSSR count). The Morgan fingerprint density at radius 1 is 1.12 bits per heavy atom. The Hall–Kier alpha value is -2.63. The molecule has 6 nitrogen and oxygen atoms in total. The third-order valence-corrected chi connectivity index (χ3v) is 4.47. The topological polar surface area (TPSA) is 75.1 Å². The van der Waals surface area contributed by atoms with Crippen molar-refractivity contribution < 1.29 is 0 Å². The number of hydrogen-bond acceptors (Lipinski definition) is 4. The van der Waals surface area contributed by atoms with Gasteiger partial charge in [-0.15, -0.1) is 0 Å². The van der Waals surface area contributed by atoms with Crippen LogP contribution in [-0.4, -0.2) is 19.6 Å². The fourth-order valence-corrected chi connectivity index (χ4v) is 2.85. The molecule has 0 saturated carbocycles. The summed E-state index contributed by atoms with van der Waals surface area (Å²) in [5, 5.41) is 6.25. The maximum absolute atomic E-state index is 12.6. The van der Waals surface area contributed by atoms with Crippen LogP contribution in [0.5, 0.6) is 0 Å². The molecule has 0 amide bonds. The molecule has 2 aromatic heterocycles. The first kappa shape index (κ1) is 17.2. The minimum absolute atomic E-state index is 0.0520. The van der Waals surface area contributed by atoms with Crippen molar-refractivity contribution in [2.24, 2.45) is 0 Å². The molecular formula is C19H25N5O. The Labute approximate surface area is 147 Å². The molecule has 0 fully saturated rings. The highest BCUT2D eigenvalue weighted by Crippen LogP contribution is 2.10. The van der Waals surface area contributed by atoms with E-state index in [-0.39, 0.29) is 5.56 Å². The van der Waals surface area contributed by atoms with Gasteiger partial charge in [0, 0.05) is 12.1 Å². The molecule has 6 heteroatoms. The van der Waals surface area contributed by atoms with Crippen LogP contribution in [0.25, 0.3) is 5.78 Å². The smallest absolute Gasteiger partial charge is 0.277 e. The van der Waals surface area contributed by atoms with Gasteiger partial charge in [0.05, 0.1) is 5.69 Å². The summed E-state index contributed by atoms with van der Waals surface area (Å²) in [6, 6.07) is 8.47. The quantitative estimate of drug-likeness (QED) is 0.693. The van der Waals surface area contributed by atoms with Gasteiger partial charge in [-0.1, -0.05) is 44.5 Å². The molecule has 25 heavy (non-hydrogen) atoms. The highest BCUT2D eigenvalue weighted by atomic mass is 16.1. The average Bonchev–Trinajstić information content (AvgIpc) is 3.03. The van der Waals surface area contributed by atoms with E-state index in [0.717, 1.165) is 42.5 Å². The lowest BCUT2D eigenvalue weighted by Crippen LogP contribution is -2.22. The molecule has 0 atom stereocenters. The van der Waals surface area contributed by atoms with E-state index in [1.807, 2.05) is 6.92 Å². The summed E-state index contributed by atoms with van der Waals surface area (Å²) < 4.78 is 1.43. The lowest BCUT2D eigenvalue weighted by Gasteiger charge is -2.04. The number of aromatic nitrogens is 4. The second-order valence-electron chi connectivity index (χ2n) is 6.32. The summed E-state index contributed by atoms with van der Waals surface area (Å²) in [5.74, 6) is 0.961. The Morgan fingerprint density at radius 2 is 1.84 bits per heavy atom. The summed E-state index contributed by atoms with van der Waals surface area (Å²) in [5.41, 5.74) is 3.97. The van der Waals surface area contributed by atoms with Crippen molar-refractivity contribution in [3.63, 3.8) is 0 Å². The number of rotatable bonds is 7. The molecule has 2 N–H and O–H groups in total. The highest BCUT2D eigenvalue weighted by molar-refractivity contribution is 5.39. The average molecular weight is 339 g/mol. The maximum Gasteiger partial charge on any atom is 0.277 e. The number of aryl methyl sites for hydroxylation is 2. The largest absolute Gasteiger partial charge is 0.351 e.